The van der Waals surface area contributed by atoms with Gasteiger partial charge in [-0.2, -0.15) is 5.26 Å². The number of ether oxygens (including phenoxy) is 1. The van der Waals surface area contributed by atoms with E-state index in [1.165, 1.54) is 0 Å². The Balaban J connectivity index is 1.42. The van der Waals surface area contributed by atoms with Crippen molar-refractivity contribution < 1.29 is 19.7 Å². The summed E-state index contributed by atoms with van der Waals surface area (Å²) in [6.07, 6.45) is 6.50. The van der Waals surface area contributed by atoms with Gasteiger partial charge in [0, 0.05) is 31.3 Å². The van der Waals surface area contributed by atoms with Gasteiger partial charge in [-0.15, -0.1) is 6.58 Å². The van der Waals surface area contributed by atoms with Crippen molar-refractivity contribution in [1.82, 2.24) is 9.80 Å². The minimum atomic E-state index is -1.17. The predicted octanol–water partition coefficient (Wildman–Crippen LogP) is 3.47. The van der Waals surface area contributed by atoms with E-state index in [-0.39, 0.29) is 23.7 Å². The van der Waals surface area contributed by atoms with Crippen LogP contribution in [-0.2, 0) is 16.6 Å². The van der Waals surface area contributed by atoms with Gasteiger partial charge in [-0.1, -0.05) is 42.0 Å². The Hall–Kier alpha value is -3.60. The molecule has 0 aromatic heterocycles. The standard InChI is InChI=1S/C31H33N3O4/c1-4-14-34-22(18-32)17-30-27-21-9-10-24(35)28(27)38-29(30)23(12-13-31(30,37)25(34)16-21)33(3)26(36)11-8-20-7-5-6-19(2)15-20/h4-11,15,22-23,25,29,35,37H,1,12-14,16-17H2,2-3H3/t22?,23-,25-,29+,30+,31-/m1/s1. The smallest absolute Gasteiger partial charge is 0.246 e. The lowest BCUT2D eigenvalue weighted by atomic mass is 9.47. The van der Waals surface area contributed by atoms with Crippen LogP contribution in [0.2, 0.25) is 0 Å². The monoisotopic (exact) mass is 511 g/mol. The third kappa shape index (κ3) is 3.23. The number of amides is 1. The summed E-state index contributed by atoms with van der Waals surface area (Å²) >= 11 is 0. The molecular weight excluding hydrogens is 478 g/mol. The number of benzene rings is 2. The highest BCUT2D eigenvalue weighted by Gasteiger charge is 2.74. The molecule has 2 heterocycles. The second-order valence-electron chi connectivity index (χ2n) is 11.2. The van der Waals surface area contributed by atoms with E-state index in [2.05, 4.69) is 17.5 Å². The fourth-order valence-electron chi connectivity index (χ4n) is 7.78. The first-order valence-corrected chi connectivity index (χ1v) is 13.3. The molecule has 1 saturated carbocycles. The van der Waals surface area contributed by atoms with E-state index in [9.17, 15) is 20.3 Å². The fraction of sp³-hybridized carbons (Fsp3) is 0.419. The number of hydrogen-bond donors (Lipinski definition) is 2. The van der Waals surface area contributed by atoms with Crippen LogP contribution in [0.25, 0.3) is 6.08 Å². The lowest BCUT2D eigenvalue weighted by Gasteiger charge is -2.65. The van der Waals surface area contributed by atoms with Gasteiger partial charge in [0.15, 0.2) is 11.5 Å². The Kier molecular flexibility index (Phi) is 5.67. The van der Waals surface area contributed by atoms with Crippen molar-refractivity contribution in [2.45, 2.75) is 67.9 Å². The fourth-order valence-corrected chi connectivity index (χ4v) is 7.78. The van der Waals surface area contributed by atoms with Gasteiger partial charge in [-0.3, -0.25) is 9.69 Å². The lowest BCUT2D eigenvalue weighted by molar-refractivity contribution is -0.205. The number of phenols is 1. The first-order chi connectivity index (χ1) is 18.2. The summed E-state index contributed by atoms with van der Waals surface area (Å²) in [4.78, 5) is 17.2. The average molecular weight is 512 g/mol. The molecule has 7 heteroatoms. The van der Waals surface area contributed by atoms with Crippen molar-refractivity contribution in [3.63, 3.8) is 0 Å². The number of nitrogens with zero attached hydrogens (tertiary/aromatic N) is 3. The van der Waals surface area contributed by atoms with Crippen LogP contribution in [0, 0.1) is 18.3 Å². The molecule has 2 aliphatic carbocycles. The van der Waals surface area contributed by atoms with Gasteiger partial charge in [0.2, 0.25) is 5.91 Å². The molecular formula is C31H33N3O4. The highest BCUT2D eigenvalue weighted by atomic mass is 16.5. The summed E-state index contributed by atoms with van der Waals surface area (Å²) in [7, 11) is 1.77. The zero-order valence-corrected chi connectivity index (χ0v) is 21.8. The molecule has 6 atom stereocenters. The van der Waals surface area contributed by atoms with E-state index in [1.54, 1.807) is 30.2 Å². The topological polar surface area (TPSA) is 97.0 Å². The first-order valence-electron chi connectivity index (χ1n) is 13.3. The normalized spacial score (nSPS) is 32.8. The van der Waals surface area contributed by atoms with E-state index in [1.807, 2.05) is 43.3 Å². The van der Waals surface area contributed by atoms with Crippen LogP contribution in [0.15, 0.2) is 55.1 Å². The van der Waals surface area contributed by atoms with Gasteiger partial charge < -0.3 is 19.8 Å². The van der Waals surface area contributed by atoms with Crippen molar-refractivity contribution in [1.29, 1.82) is 5.26 Å². The maximum atomic E-state index is 13.4. The van der Waals surface area contributed by atoms with Crippen molar-refractivity contribution in [3.05, 3.63) is 77.4 Å². The molecule has 38 heavy (non-hydrogen) atoms. The molecule has 2 aliphatic heterocycles. The van der Waals surface area contributed by atoms with Gasteiger partial charge in [0.1, 0.15) is 6.10 Å². The summed E-state index contributed by atoms with van der Waals surface area (Å²) in [6, 6.07) is 12.9. The Bertz CT molecular complexity index is 1400. The third-order valence-corrected chi connectivity index (χ3v) is 9.42. The number of piperidine rings is 1. The van der Waals surface area contributed by atoms with Crippen molar-refractivity contribution in [2.24, 2.45) is 0 Å². The molecule has 2 aromatic carbocycles. The van der Waals surface area contributed by atoms with E-state index in [0.717, 1.165) is 22.3 Å². The van der Waals surface area contributed by atoms with Gasteiger partial charge in [0.25, 0.3) is 0 Å². The zero-order chi connectivity index (χ0) is 26.8. The number of likely N-dealkylation sites (N-methyl/N-ethyl adjacent to an activating group) is 1. The van der Waals surface area contributed by atoms with Crippen LogP contribution in [0.3, 0.4) is 0 Å². The molecule has 1 amide bonds. The number of rotatable bonds is 5. The Labute approximate surface area is 223 Å². The van der Waals surface area contributed by atoms with E-state index < -0.39 is 23.2 Å². The summed E-state index contributed by atoms with van der Waals surface area (Å²) in [6.45, 7) is 6.40. The molecule has 0 radical (unpaired) electrons. The number of nitriles is 1. The second-order valence-corrected chi connectivity index (χ2v) is 11.2. The van der Waals surface area contributed by atoms with Crippen molar-refractivity contribution in [3.8, 4) is 17.6 Å². The molecule has 1 spiro atoms. The number of aryl methyl sites for hydroxylation is 1. The summed E-state index contributed by atoms with van der Waals surface area (Å²) in [5, 5.41) is 33.6. The third-order valence-electron chi connectivity index (χ3n) is 9.42. The molecule has 2 bridgehead atoms. The SMILES string of the molecule is C=CCN1C(C#N)C[C@]23c4c5ccc(O)c4O[C@H]2[C@H](N(C)C(=O)C=Cc2cccc(C)c2)CC[C@@]3(O)[C@H]1C5. The van der Waals surface area contributed by atoms with Crippen LogP contribution in [0.5, 0.6) is 11.5 Å². The minimum absolute atomic E-state index is 0.0300. The van der Waals surface area contributed by atoms with E-state index in [4.69, 9.17) is 4.74 Å². The molecule has 2 fully saturated rings. The maximum Gasteiger partial charge on any atom is 0.246 e. The molecule has 1 saturated heterocycles. The highest BCUT2D eigenvalue weighted by molar-refractivity contribution is 5.92. The second kappa shape index (κ2) is 8.72. The van der Waals surface area contributed by atoms with Crippen molar-refractivity contribution in [2.75, 3.05) is 13.6 Å². The molecule has 2 aromatic rings. The lowest BCUT2D eigenvalue weighted by Crippen LogP contribution is -2.79. The van der Waals surface area contributed by atoms with Crippen LogP contribution < -0.4 is 4.74 Å². The minimum Gasteiger partial charge on any atom is -0.504 e. The van der Waals surface area contributed by atoms with Gasteiger partial charge in [-0.05, 0) is 55.9 Å². The van der Waals surface area contributed by atoms with Gasteiger partial charge in [-0.25, -0.2) is 0 Å². The molecule has 4 aliphatic rings. The number of aliphatic hydroxyl groups is 1. The van der Waals surface area contributed by atoms with E-state index >= 15 is 0 Å². The predicted molar refractivity (Wildman–Crippen MR) is 144 cm³/mol. The Morgan fingerprint density at radius 2 is 2.18 bits per heavy atom. The number of aromatic hydroxyl groups is 1. The summed E-state index contributed by atoms with van der Waals surface area (Å²) < 4.78 is 6.55. The number of phenolic OH excluding ortho intramolecular Hbond substituents is 1. The molecule has 7 nitrogen and oxygen atoms in total. The van der Waals surface area contributed by atoms with Gasteiger partial charge >= 0.3 is 0 Å². The quantitative estimate of drug-likeness (QED) is 0.471. The van der Waals surface area contributed by atoms with Crippen LogP contribution in [0.1, 0.15) is 41.5 Å². The Morgan fingerprint density at radius 3 is 2.92 bits per heavy atom. The van der Waals surface area contributed by atoms with Gasteiger partial charge in [0.05, 0.1) is 29.2 Å². The zero-order valence-electron chi connectivity index (χ0n) is 21.8. The molecule has 2 N–H and O–H groups in total. The van der Waals surface area contributed by atoms with Crippen LogP contribution >= 0.6 is 0 Å². The maximum absolute atomic E-state index is 13.4. The number of carbonyl (C=O) groups excluding carboxylic acids is 1. The Morgan fingerprint density at radius 1 is 1.37 bits per heavy atom. The summed E-state index contributed by atoms with van der Waals surface area (Å²) in [5.74, 6) is 0.263. The largest absolute Gasteiger partial charge is 0.504 e. The number of carbonyl (C=O) groups is 1. The molecule has 1 unspecified atom stereocenters. The van der Waals surface area contributed by atoms with Crippen LogP contribution in [0.4, 0.5) is 0 Å². The first kappa shape index (κ1) is 24.7. The highest BCUT2D eigenvalue weighted by Crippen LogP contribution is 2.66. The van der Waals surface area contributed by atoms with E-state index in [0.29, 0.717) is 38.0 Å². The van der Waals surface area contributed by atoms with Crippen molar-refractivity contribution >= 4 is 12.0 Å². The molecule has 196 valence electrons. The summed E-state index contributed by atoms with van der Waals surface area (Å²) in [5.41, 5.74) is 1.83. The number of likely N-dealkylation sites (tertiary alicyclic amines) is 1. The number of hydrogen-bond acceptors (Lipinski definition) is 6. The average Bonchev–Trinajstić information content (AvgIpc) is 3.25. The van der Waals surface area contributed by atoms with Crippen LogP contribution in [-0.4, -0.2) is 69.3 Å². The molecule has 6 rings (SSSR count).